The number of halogens is 3. The van der Waals surface area contributed by atoms with Gasteiger partial charge in [-0.15, -0.1) is 0 Å². The monoisotopic (exact) mass is 304 g/mol. The van der Waals surface area contributed by atoms with Gasteiger partial charge in [-0.3, -0.25) is 9.48 Å². The van der Waals surface area contributed by atoms with Gasteiger partial charge in [-0.1, -0.05) is 0 Å². The molecular formula is C13H19F3N4O. The summed E-state index contributed by atoms with van der Waals surface area (Å²) in [6, 6.07) is -0.401. The minimum atomic E-state index is -4.61. The van der Waals surface area contributed by atoms with E-state index in [0.29, 0.717) is 19.6 Å². The number of carbonyl (C=O) groups is 1. The molecule has 2 rings (SSSR count). The molecule has 5 nitrogen and oxygen atoms in total. The lowest BCUT2D eigenvalue weighted by Crippen LogP contribution is -2.51. The summed E-state index contributed by atoms with van der Waals surface area (Å²) in [7, 11) is 0. The van der Waals surface area contributed by atoms with Gasteiger partial charge in [0.2, 0.25) is 0 Å². The molecular weight excluding hydrogens is 285 g/mol. The second-order valence-corrected chi connectivity index (χ2v) is 5.55. The van der Waals surface area contributed by atoms with Crippen molar-refractivity contribution in [3.63, 3.8) is 0 Å². The van der Waals surface area contributed by atoms with Crippen LogP contribution < -0.4 is 5.32 Å². The molecule has 0 bridgehead atoms. The molecule has 1 amide bonds. The molecule has 0 spiro atoms. The molecule has 21 heavy (non-hydrogen) atoms. The van der Waals surface area contributed by atoms with E-state index in [1.54, 1.807) is 13.8 Å². The van der Waals surface area contributed by atoms with Crippen molar-refractivity contribution < 1.29 is 18.0 Å². The third-order valence-electron chi connectivity index (χ3n) is 3.44. The third-order valence-corrected chi connectivity index (χ3v) is 3.44. The Bertz CT molecular complexity index is 524. The molecule has 8 heteroatoms. The van der Waals surface area contributed by atoms with E-state index >= 15 is 0 Å². The Morgan fingerprint density at radius 3 is 2.67 bits per heavy atom. The van der Waals surface area contributed by atoms with E-state index in [9.17, 15) is 18.0 Å². The van der Waals surface area contributed by atoms with Gasteiger partial charge < -0.3 is 10.2 Å². The van der Waals surface area contributed by atoms with Gasteiger partial charge in [-0.2, -0.15) is 18.3 Å². The number of nitrogens with one attached hydrogen (secondary N) is 1. The average molecular weight is 304 g/mol. The maximum Gasteiger partial charge on any atom is 0.433 e. The van der Waals surface area contributed by atoms with Crippen LogP contribution in [0.4, 0.5) is 13.2 Å². The first-order valence-corrected chi connectivity index (χ1v) is 6.89. The second-order valence-electron chi connectivity index (χ2n) is 5.55. The van der Waals surface area contributed by atoms with E-state index in [4.69, 9.17) is 0 Å². The summed E-state index contributed by atoms with van der Waals surface area (Å²) >= 11 is 0. The van der Waals surface area contributed by atoms with Crippen LogP contribution >= 0.6 is 0 Å². The van der Waals surface area contributed by atoms with Gasteiger partial charge >= 0.3 is 6.18 Å². The topological polar surface area (TPSA) is 50.2 Å². The number of alkyl halides is 3. The molecule has 1 aliphatic heterocycles. The quantitative estimate of drug-likeness (QED) is 0.908. The highest BCUT2D eigenvalue weighted by Gasteiger charge is 2.41. The average Bonchev–Trinajstić information content (AvgIpc) is 2.82. The molecule has 0 unspecified atom stereocenters. The zero-order valence-corrected chi connectivity index (χ0v) is 12.2. The van der Waals surface area contributed by atoms with Gasteiger partial charge in [-0.25, -0.2) is 0 Å². The number of carbonyl (C=O) groups excluding carboxylic acids is 1. The van der Waals surface area contributed by atoms with Crippen LogP contribution in [0.3, 0.4) is 0 Å². The largest absolute Gasteiger partial charge is 0.433 e. The summed E-state index contributed by atoms with van der Waals surface area (Å²) in [4.78, 5) is 13.8. The van der Waals surface area contributed by atoms with Crippen molar-refractivity contribution in [1.29, 1.82) is 0 Å². The summed E-state index contributed by atoms with van der Waals surface area (Å²) in [5.74, 6) is -0.609. The SMILES string of the molecule is CC(C)n1ncc(C(=O)N2CCN[C@H](C)C2)c1C(F)(F)F. The Labute approximate surface area is 121 Å². The highest BCUT2D eigenvalue weighted by Crippen LogP contribution is 2.34. The highest BCUT2D eigenvalue weighted by atomic mass is 19.4. The fourth-order valence-electron chi connectivity index (χ4n) is 2.48. The first kappa shape index (κ1) is 15.8. The van der Waals surface area contributed by atoms with Gasteiger partial charge in [-0.05, 0) is 20.8 Å². The molecule has 1 N–H and O–H groups in total. The first-order valence-electron chi connectivity index (χ1n) is 6.89. The zero-order valence-electron chi connectivity index (χ0n) is 12.2. The van der Waals surface area contributed by atoms with Crippen LogP contribution in [-0.4, -0.2) is 46.3 Å². The van der Waals surface area contributed by atoms with E-state index in [0.717, 1.165) is 10.9 Å². The zero-order chi connectivity index (χ0) is 15.8. The molecule has 1 aromatic rings. The summed E-state index contributed by atoms with van der Waals surface area (Å²) < 4.78 is 40.6. The van der Waals surface area contributed by atoms with Crippen molar-refractivity contribution in [3.05, 3.63) is 17.5 Å². The summed E-state index contributed by atoms with van der Waals surface area (Å²) in [5, 5.41) is 6.90. The molecule has 1 aliphatic rings. The van der Waals surface area contributed by atoms with E-state index in [-0.39, 0.29) is 11.6 Å². The van der Waals surface area contributed by atoms with Crippen LogP contribution in [0, 0.1) is 0 Å². The number of rotatable bonds is 2. The van der Waals surface area contributed by atoms with Crippen molar-refractivity contribution in [3.8, 4) is 0 Å². The molecule has 2 heterocycles. The minimum Gasteiger partial charge on any atom is -0.336 e. The van der Waals surface area contributed by atoms with Crippen LogP contribution in [0.5, 0.6) is 0 Å². The van der Waals surface area contributed by atoms with Crippen molar-refractivity contribution in [2.24, 2.45) is 0 Å². The van der Waals surface area contributed by atoms with Crippen LogP contribution in [-0.2, 0) is 6.18 Å². The fraction of sp³-hybridized carbons (Fsp3) is 0.692. The summed E-state index contributed by atoms with van der Waals surface area (Å²) in [6.07, 6.45) is -3.58. The Morgan fingerprint density at radius 1 is 1.48 bits per heavy atom. The second kappa shape index (κ2) is 5.67. The van der Waals surface area contributed by atoms with Crippen molar-refractivity contribution in [2.75, 3.05) is 19.6 Å². The number of amides is 1. The number of hydrogen-bond donors (Lipinski definition) is 1. The number of aromatic nitrogens is 2. The lowest BCUT2D eigenvalue weighted by molar-refractivity contribution is -0.145. The molecule has 118 valence electrons. The summed E-state index contributed by atoms with van der Waals surface area (Å²) in [5.41, 5.74) is -1.33. The van der Waals surface area contributed by atoms with E-state index in [1.807, 2.05) is 6.92 Å². The predicted octanol–water partition coefficient (Wildman–Crippen LogP) is 1.92. The molecule has 1 aromatic heterocycles. The first-order chi connectivity index (χ1) is 9.71. The predicted molar refractivity (Wildman–Crippen MR) is 71.0 cm³/mol. The molecule has 0 radical (unpaired) electrons. The maximum absolute atomic E-state index is 13.3. The summed E-state index contributed by atoms with van der Waals surface area (Å²) in [6.45, 7) is 6.46. The van der Waals surface area contributed by atoms with Crippen molar-refractivity contribution in [2.45, 2.75) is 39.0 Å². The van der Waals surface area contributed by atoms with Gasteiger partial charge in [0.25, 0.3) is 5.91 Å². The maximum atomic E-state index is 13.3. The van der Waals surface area contributed by atoms with Crippen molar-refractivity contribution >= 4 is 5.91 Å². The van der Waals surface area contributed by atoms with Crippen LogP contribution in [0.1, 0.15) is 42.9 Å². The fourth-order valence-corrected chi connectivity index (χ4v) is 2.48. The Morgan fingerprint density at radius 2 is 2.14 bits per heavy atom. The standard InChI is InChI=1S/C13H19F3N4O/c1-8(2)20-11(13(14,15)16)10(6-18-20)12(21)19-5-4-17-9(3)7-19/h6,8-9,17H,4-5,7H2,1-3H3/t9-/m1/s1. The number of nitrogens with zero attached hydrogens (tertiary/aromatic N) is 3. The van der Waals surface area contributed by atoms with Crippen LogP contribution in [0.25, 0.3) is 0 Å². The smallest absolute Gasteiger partial charge is 0.336 e. The van der Waals surface area contributed by atoms with Gasteiger partial charge in [0, 0.05) is 31.7 Å². The Kier molecular flexibility index (Phi) is 4.27. The van der Waals surface area contributed by atoms with Gasteiger partial charge in [0.15, 0.2) is 5.69 Å². The van der Waals surface area contributed by atoms with E-state index in [2.05, 4.69) is 10.4 Å². The molecule has 0 saturated carbocycles. The normalized spacial score (nSPS) is 20.1. The van der Waals surface area contributed by atoms with Crippen LogP contribution in [0.2, 0.25) is 0 Å². The van der Waals surface area contributed by atoms with Crippen LogP contribution in [0.15, 0.2) is 6.20 Å². The number of piperazine rings is 1. The van der Waals surface area contributed by atoms with E-state index in [1.165, 1.54) is 4.90 Å². The Balaban J connectivity index is 2.37. The molecule has 1 atom stereocenters. The van der Waals surface area contributed by atoms with Gasteiger partial charge in [0.05, 0.1) is 11.8 Å². The molecule has 0 aliphatic carbocycles. The van der Waals surface area contributed by atoms with Gasteiger partial charge in [0.1, 0.15) is 0 Å². The molecule has 1 fully saturated rings. The van der Waals surface area contributed by atoms with E-state index < -0.39 is 23.8 Å². The molecule has 0 aromatic carbocycles. The lowest BCUT2D eigenvalue weighted by atomic mass is 10.1. The molecule has 1 saturated heterocycles. The lowest BCUT2D eigenvalue weighted by Gasteiger charge is -2.32. The highest BCUT2D eigenvalue weighted by molar-refractivity contribution is 5.95. The van der Waals surface area contributed by atoms with Crippen molar-refractivity contribution in [1.82, 2.24) is 20.0 Å². The third kappa shape index (κ3) is 3.20. The Hall–Kier alpha value is -1.57. The number of hydrogen-bond acceptors (Lipinski definition) is 3. The minimum absolute atomic E-state index is 0.0668.